The summed E-state index contributed by atoms with van der Waals surface area (Å²) in [5.74, 6) is 1.60. The van der Waals surface area contributed by atoms with Gasteiger partial charge < -0.3 is 19.6 Å². The predicted molar refractivity (Wildman–Crippen MR) is 83.0 cm³/mol. The Labute approximate surface area is 125 Å². The molecular weight excluding hydrogens is 266 g/mol. The van der Waals surface area contributed by atoms with Gasteiger partial charge in [-0.2, -0.15) is 0 Å². The van der Waals surface area contributed by atoms with Crippen LogP contribution in [-0.4, -0.2) is 23.3 Å². The van der Waals surface area contributed by atoms with Crippen LogP contribution in [0.2, 0.25) is 0 Å². The Bertz CT molecular complexity index is 626. The fourth-order valence-electron chi connectivity index (χ4n) is 3.23. The minimum Gasteiger partial charge on any atom is -0.494 e. The molecule has 0 unspecified atom stereocenters. The van der Waals surface area contributed by atoms with Gasteiger partial charge in [-0.25, -0.2) is 0 Å². The van der Waals surface area contributed by atoms with Gasteiger partial charge >= 0.3 is 0 Å². The first-order chi connectivity index (χ1) is 10.2. The van der Waals surface area contributed by atoms with Gasteiger partial charge in [-0.1, -0.05) is 12.8 Å². The third kappa shape index (κ3) is 2.48. The van der Waals surface area contributed by atoms with Gasteiger partial charge in [0.15, 0.2) is 5.75 Å². The minimum atomic E-state index is -0.782. The molecule has 1 aliphatic carbocycles. The Morgan fingerprint density at radius 1 is 1.14 bits per heavy atom. The van der Waals surface area contributed by atoms with Crippen molar-refractivity contribution in [1.29, 1.82) is 0 Å². The van der Waals surface area contributed by atoms with E-state index in [1.807, 2.05) is 32.0 Å². The van der Waals surface area contributed by atoms with E-state index in [4.69, 9.17) is 9.47 Å². The van der Waals surface area contributed by atoms with E-state index in [-0.39, 0.29) is 0 Å². The maximum absolute atomic E-state index is 10.9. The number of aromatic amines is 1. The Morgan fingerprint density at radius 3 is 2.52 bits per heavy atom. The number of aliphatic hydroxyl groups is 1. The Kier molecular flexibility index (Phi) is 3.81. The van der Waals surface area contributed by atoms with Crippen molar-refractivity contribution in [3.8, 4) is 11.5 Å². The molecule has 0 saturated heterocycles. The second-order valence-corrected chi connectivity index (χ2v) is 5.64. The molecule has 4 nitrogen and oxygen atoms in total. The molecule has 2 aromatic rings. The molecule has 1 aliphatic rings. The SMILES string of the molecule is CCOc1ccc2[nH]c(C3(O)CCCC3)c(OCC)c2c1. The topological polar surface area (TPSA) is 54.5 Å². The van der Waals surface area contributed by atoms with E-state index < -0.39 is 5.60 Å². The van der Waals surface area contributed by atoms with E-state index in [0.29, 0.717) is 13.2 Å². The van der Waals surface area contributed by atoms with Crippen LogP contribution in [0.1, 0.15) is 45.2 Å². The summed E-state index contributed by atoms with van der Waals surface area (Å²) in [6, 6.07) is 5.92. The highest BCUT2D eigenvalue weighted by Crippen LogP contribution is 2.45. The fraction of sp³-hybridized carbons (Fsp3) is 0.529. The summed E-state index contributed by atoms with van der Waals surface area (Å²) < 4.78 is 11.4. The van der Waals surface area contributed by atoms with Crippen LogP contribution in [0.3, 0.4) is 0 Å². The van der Waals surface area contributed by atoms with Crippen molar-refractivity contribution in [2.75, 3.05) is 13.2 Å². The van der Waals surface area contributed by atoms with E-state index in [9.17, 15) is 5.11 Å². The number of rotatable bonds is 5. The molecule has 0 spiro atoms. The highest BCUT2D eigenvalue weighted by molar-refractivity contribution is 5.89. The number of H-pyrrole nitrogens is 1. The molecule has 2 N–H and O–H groups in total. The molecule has 0 atom stereocenters. The van der Waals surface area contributed by atoms with E-state index >= 15 is 0 Å². The normalized spacial score (nSPS) is 17.3. The van der Waals surface area contributed by atoms with Gasteiger partial charge in [0.05, 0.1) is 18.9 Å². The number of fused-ring (bicyclic) bond motifs is 1. The van der Waals surface area contributed by atoms with Crippen molar-refractivity contribution in [2.45, 2.75) is 45.1 Å². The second kappa shape index (κ2) is 5.60. The van der Waals surface area contributed by atoms with E-state index in [1.165, 1.54) is 0 Å². The third-order valence-electron chi connectivity index (χ3n) is 4.22. The van der Waals surface area contributed by atoms with E-state index in [0.717, 1.165) is 53.8 Å². The first kappa shape index (κ1) is 14.3. The maximum Gasteiger partial charge on any atom is 0.150 e. The summed E-state index contributed by atoms with van der Waals surface area (Å²) in [5, 5.41) is 11.9. The molecule has 0 radical (unpaired) electrons. The number of ether oxygens (including phenoxy) is 2. The molecule has 114 valence electrons. The van der Waals surface area contributed by atoms with Gasteiger partial charge in [-0.3, -0.25) is 0 Å². The van der Waals surface area contributed by atoms with E-state index in [2.05, 4.69) is 4.98 Å². The van der Waals surface area contributed by atoms with Crippen LogP contribution in [0.5, 0.6) is 11.5 Å². The molecule has 1 fully saturated rings. The van der Waals surface area contributed by atoms with Crippen LogP contribution >= 0.6 is 0 Å². The second-order valence-electron chi connectivity index (χ2n) is 5.64. The summed E-state index contributed by atoms with van der Waals surface area (Å²) in [6.07, 6.45) is 3.69. The molecule has 0 bridgehead atoms. The van der Waals surface area contributed by atoms with Crippen molar-refractivity contribution in [1.82, 2.24) is 4.98 Å². The number of hydrogen-bond acceptors (Lipinski definition) is 3. The number of aromatic nitrogens is 1. The van der Waals surface area contributed by atoms with Crippen LogP contribution < -0.4 is 9.47 Å². The van der Waals surface area contributed by atoms with Crippen molar-refractivity contribution in [3.05, 3.63) is 23.9 Å². The number of nitrogens with one attached hydrogen (secondary N) is 1. The van der Waals surface area contributed by atoms with Crippen LogP contribution in [0.15, 0.2) is 18.2 Å². The quantitative estimate of drug-likeness (QED) is 0.882. The molecule has 0 aliphatic heterocycles. The van der Waals surface area contributed by atoms with Gasteiger partial charge in [0.25, 0.3) is 0 Å². The molecule has 1 aromatic heterocycles. The standard InChI is InChI=1S/C17H23NO3/c1-3-20-12-7-8-14-13(11-12)15(21-4-2)16(18-14)17(19)9-5-6-10-17/h7-8,11,18-19H,3-6,9-10H2,1-2H3. The predicted octanol–water partition coefficient (Wildman–Crippen LogP) is 3.73. The van der Waals surface area contributed by atoms with Gasteiger partial charge in [-0.15, -0.1) is 0 Å². The Balaban J connectivity index is 2.13. The lowest BCUT2D eigenvalue weighted by Gasteiger charge is -2.22. The van der Waals surface area contributed by atoms with Crippen molar-refractivity contribution in [2.24, 2.45) is 0 Å². The van der Waals surface area contributed by atoms with Crippen LogP contribution in [0.4, 0.5) is 0 Å². The van der Waals surface area contributed by atoms with Crippen molar-refractivity contribution in [3.63, 3.8) is 0 Å². The van der Waals surface area contributed by atoms with Crippen LogP contribution in [0, 0.1) is 0 Å². The largest absolute Gasteiger partial charge is 0.494 e. The first-order valence-corrected chi connectivity index (χ1v) is 7.82. The summed E-state index contributed by atoms with van der Waals surface area (Å²) in [4.78, 5) is 3.37. The summed E-state index contributed by atoms with van der Waals surface area (Å²) in [7, 11) is 0. The zero-order valence-electron chi connectivity index (χ0n) is 12.7. The molecule has 1 saturated carbocycles. The summed E-state index contributed by atoms with van der Waals surface area (Å²) >= 11 is 0. The Hall–Kier alpha value is -1.68. The lowest BCUT2D eigenvalue weighted by atomic mass is 9.97. The molecule has 1 aromatic carbocycles. The number of benzene rings is 1. The zero-order chi connectivity index (χ0) is 14.9. The molecule has 21 heavy (non-hydrogen) atoms. The highest BCUT2D eigenvalue weighted by Gasteiger charge is 2.38. The lowest BCUT2D eigenvalue weighted by Crippen LogP contribution is -2.22. The van der Waals surface area contributed by atoms with Gasteiger partial charge in [0, 0.05) is 10.9 Å². The zero-order valence-corrected chi connectivity index (χ0v) is 12.7. The van der Waals surface area contributed by atoms with Crippen LogP contribution in [-0.2, 0) is 5.60 Å². The highest BCUT2D eigenvalue weighted by atomic mass is 16.5. The molecule has 4 heteroatoms. The van der Waals surface area contributed by atoms with Crippen molar-refractivity contribution >= 4 is 10.9 Å². The van der Waals surface area contributed by atoms with E-state index in [1.54, 1.807) is 0 Å². The Morgan fingerprint density at radius 2 is 1.86 bits per heavy atom. The molecule has 3 rings (SSSR count). The van der Waals surface area contributed by atoms with Crippen molar-refractivity contribution < 1.29 is 14.6 Å². The van der Waals surface area contributed by atoms with Gasteiger partial charge in [-0.05, 0) is 44.9 Å². The van der Waals surface area contributed by atoms with Gasteiger partial charge in [0.2, 0.25) is 0 Å². The first-order valence-electron chi connectivity index (χ1n) is 7.82. The maximum atomic E-state index is 10.9. The fourth-order valence-corrected chi connectivity index (χ4v) is 3.23. The molecule has 0 amide bonds. The molecule has 1 heterocycles. The average Bonchev–Trinajstić information content (AvgIpc) is 3.06. The monoisotopic (exact) mass is 289 g/mol. The smallest absolute Gasteiger partial charge is 0.150 e. The summed E-state index contributed by atoms with van der Waals surface area (Å²) in [5.41, 5.74) is 1.03. The summed E-state index contributed by atoms with van der Waals surface area (Å²) in [6.45, 7) is 5.15. The van der Waals surface area contributed by atoms with Crippen LogP contribution in [0.25, 0.3) is 10.9 Å². The lowest BCUT2D eigenvalue weighted by molar-refractivity contribution is 0.0377. The third-order valence-corrected chi connectivity index (χ3v) is 4.22. The average molecular weight is 289 g/mol. The number of hydrogen-bond donors (Lipinski definition) is 2. The van der Waals surface area contributed by atoms with Gasteiger partial charge in [0.1, 0.15) is 11.4 Å². The molecular formula is C17H23NO3. The minimum absolute atomic E-state index is 0.578.